The van der Waals surface area contributed by atoms with Crippen molar-refractivity contribution >= 4 is 5.95 Å². The van der Waals surface area contributed by atoms with Gasteiger partial charge in [0.2, 0.25) is 5.95 Å². The number of hydrogen-bond acceptors (Lipinski definition) is 8. The van der Waals surface area contributed by atoms with Gasteiger partial charge < -0.3 is 15.7 Å². The van der Waals surface area contributed by atoms with Crippen LogP contribution in [0.25, 0.3) is 22.5 Å². The Balaban J connectivity index is 1.51. The summed E-state index contributed by atoms with van der Waals surface area (Å²) in [6.45, 7) is 5.28. The van der Waals surface area contributed by atoms with Crippen molar-refractivity contribution < 1.29 is 13.6 Å². The molecule has 1 fully saturated rings. The second kappa shape index (κ2) is 7.52. The Bertz CT molecular complexity index is 1180. The van der Waals surface area contributed by atoms with Crippen molar-refractivity contribution in [3.63, 3.8) is 0 Å². The van der Waals surface area contributed by atoms with Gasteiger partial charge in [-0.1, -0.05) is 0 Å². The summed E-state index contributed by atoms with van der Waals surface area (Å²) < 4.78 is 38.1. The van der Waals surface area contributed by atoms with Gasteiger partial charge in [0.05, 0.1) is 18.4 Å². The van der Waals surface area contributed by atoms with Crippen molar-refractivity contribution in [3.8, 4) is 28.3 Å². The van der Waals surface area contributed by atoms with Crippen molar-refractivity contribution in [3.05, 3.63) is 30.9 Å². The lowest BCUT2D eigenvalue weighted by Gasteiger charge is -2.48. The van der Waals surface area contributed by atoms with Crippen LogP contribution in [0.2, 0.25) is 0 Å². The van der Waals surface area contributed by atoms with Crippen LogP contribution in [-0.2, 0) is 6.98 Å². The van der Waals surface area contributed by atoms with Crippen LogP contribution >= 0.6 is 0 Å². The lowest BCUT2D eigenvalue weighted by Crippen LogP contribution is -2.67. The van der Waals surface area contributed by atoms with E-state index in [1.807, 2.05) is 27.7 Å². The summed E-state index contributed by atoms with van der Waals surface area (Å²) in [4.78, 5) is 8.47. The molecule has 9 nitrogen and oxygen atoms in total. The molecular weight excluding hydrogens is 399 g/mol. The van der Waals surface area contributed by atoms with Crippen LogP contribution in [0, 0.1) is 0 Å². The fourth-order valence-corrected chi connectivity index (χ4v) is 4.17. The maximum atomic E-state index is 15.0. The molecule has 0 spiro atoms. The lowest BCUT2D eigenvalue weighted by atomic mass is 9.78. The average Bonchev–Trinajstić information content (AvgIpc) is 3.22. The number of nitrogens with zero attached hydrogens (tertiary/aromatic N) is 6. The van der Waals surface area contributed by atoms with E-state index in [1.165, 1.54) is 30.9 Å². The number of anilines is 1. The molecule has 1 saturated heterocycles. The monoisotopic (exact) mass is 429 g/mol. The molecule has 31 heavy (non-hydrogen) atoms. The Morgan fingerprint density at radius 3 is 2.65 bits per heavy atom. The number of aryl methyl sites for hydroxylation is 1. The highest BCUT2D eigenvalue weighted by Crippen LogP contribution is 2.33. The van der Waals surface area contributed by atoms with Crippen LogP contribution in [0.4, 0.5) is 10.3 Å². The standard InChI is InChI=1S/C21H27FN8O/c1-20(2)7-14(18(22)21(3,4)29-20)26-19-24-10-15(27-28-19)17-16(31)6-12(8-23-17)13-9-25-30(5)11-13/h6,8-11,14,18,29,31H,7H2,1-5H3,(H,24,26,28)/t14-,18-/m1/s1/i5D3. The predicted octanol–water partition coefficient (Wildman–Crippen LogP) is 2.71. The first kappa shape index (κ1) is 17.5. The number of rotatable bonds is 4. The van der Waals surface area contributed by atoms with E-state index >= 15 is 4.39 Å². The summed E-state index contributed by atoms with van der Waals surface area (Å²) in [5.74, 6) is -0.000270. The van der Waals surface area contributed by atoms with Crippen LogP contribution in [0.1, 0.15) is 38.2 Å². The molecule has 164 valence electrons. The molecule has 3 N–H and O–H groups in total. The SMILES string of the molecule is [2H]C([2H])([2H])n1cc(-c2cnc(-c3cnc(N[C@@H]4CC(C)(C)NC(C)(C)[C@@H]4F)nn3)c(O)c2)cn1. The number of alkyl halides is 1. The first-order chi connectivity index (χ1) is 15.7. The number of halogens is 1. The largest absolute Gasteiger partial charge is 0.506 e. The molecule has 4 rings (SSSR count). The van der Waals surface area contributed by atoms with E-state index in [9.17, 15) is 5.11 Å². The molecule has 4 heterocycles. The molecule has 1 aliphatic rings. The summed E-state index contributed by atoms with van der Waals surface area (Å²) in [5.41, 5.74) is 0.379. The molecule has 10 heteroatoms. The molecule has 0 bridgehead atoms. The molecule has 0 aliphatic carbocycles. The summed E-state index contributed by atoms with van der Waals surface area (Å²) in [6, 6.07) is 0.935. The highest BCUT2D eigenvalue weighted by molar-refractivity contribution is 5.69. The van der Waals surface area contributed by atoms with Crippen molar-refractivity contribution in [2.45, 2.75) is 57.4 Å². The van der Waals surface area contributed by atoms with Crippen LogP contribution in [0.15, 0.2) is 30.9 Å². The van der Waals surface area contributed by atoms with Gasteiger partial charge in [-0.3, -0.25) is 4.68 Å². The maximum absolute atomic E-state index is 15.0. The smallest absolute Gasteiger partial charge is 0.243 e. The lowest BCUT2D eigenvalue weighted by molar-refractivity contribution is 0.0654. The quantitative estimate of drug-likeness (QED) is 0.580. The van der Waals surface area contributed by atoms with Gasteiger partial charge >= 0.3 is 0 Å². The van der Waals surface area contributed by atoms with Gasteiger partial charge in [0.1, 0.15) is 23.3 Å². The Kier molecular flexibility index (Phi) is 4.26. The van der Waals surface area contributed by atoms with Gasteiger partial charge in [0.25, 0.3) is 0 Å². The Hall–Kier alpha value is -3.14. The molecule has 2 atom stereocenters. The van der Waals surface area contributed by atoms with E-state index in [0.29, 0.717) is 17.5 Å². The second-order valence-electron chi connectivity index (χ2n) is 9.02. The van der Waals surface area contributed by atoms with Crippen LogP contribution in [-0.4, -0.2) is 58.3 Å². The predicted molar refractivity (Wildman–Crippen MR) is 115 cm³/mol. The normalized spacial score (nSPS) is 24.1. The molecule has 0 amide bonds. The molecule has 1 aliphatic heterocycles. The number of aromatic nitrogens is 6. The first-order valence-electron chi connectivity index (χ1n) is 11.4. The minimum atomic E-state index is -2.40. The molecule has 0 radical (unpaired) electrons. The minimum absolute atomic E-state index is 0.158. The molecule has 0 saturated carbocycles. The zero-order valence-electron chi connectivity index (χ0n) is 20.8. The number of piperidine rings is 1. The third-order valence-electron chi connectivity index (χ3n) is 5.34. The molecule has 3 aromatic heterocycles. The van der Waals surface area contributed by atoms with E-state index in [1.54, 1.807) is 0 Å². The highest BCUT2D eigenvalue weighted by atomic mass is 19.1. The van der Waals surface area contributed by atoms with Crippen molar-refractivity contribution in [2.75, 3.05) is 5.32 Å². The summed E-state index contributed by atoms with van der Waals surface area (Å²) >= 11 is 0. The maximum Gasteiger partial charge on any atom is 0.243 e. The Labute approximate surface area is 184 Å². The molecule has 3 aromatic rings. The van der Waals surface area contributed by atoms with E-state index in [0.717, 1.165) is 4.68 Å². The molecule has 0 unspecified atom stereocenters. The average molecular weight is 430 g/mol. The van der Waals surface area contributed by atoms with Crippen molar-refractivity contribution in [1.29, 1.82) is 0 Å². The van der Waals surface area contributed by atoms with E-state index < -0.39 is 24.7 Å². The molecule has 0 aromatic carbocycles. The molecular formula is C21H27FN8O. The summed E-state index contributed by atoms with van der Waals surface area (Å²) in [7, 11) is 0. The van der Waals surface area contributed by atoms with E-state index in [-0.39, 0.29) is 28.6 Å². The second-order valence-corrected chi connectivity index (χ2v) is 9.02. The van der Waals surface area contributed by atoms with Crippen LogP contribution in [0.5, 0.6) is 5.75 Å². The van der Waals surface area contributed by atoms with Gasteiger partial charge in [-0.15, -0.1) is 10.2 Å². The third-order valence-corrected chi connectivity index (χ3v) is 5.34. The topological polar surface area (TPSA) is 114 Å². The number of hydrogen-bond donors (Lipinski definition) is 3. The third kappa shape index (κ3) is 4.34. The van der Waals surface area contributed by atoms with Crippen molar-refractivity contribution in [2.24, 2.45) is 6.98 Å². The van der Waals surface area contributed by atoms with Gasteiger partial charge in [-0.2, -0.15) is 5.10 Å². The number of pyridine rings is 1. The van der Waals surface area contributed by atoms with Gasteiger partial charge in [-0.25, -0.2) is 14.4 Å². The first-order valence-corrected chi connectivity index (χ1v) is 9.90. The van der Waals surface area contributed by atoms with Crippen molar-refractivity contribution in [1.82, 2.24) is 35.3 Å². The van der Waals surface area contributed by atoms with E-state index in [2.05, 4.69) is 35.9 Å². The highest BCUT2D eigenvalue weighted by Gasteiger charge is 2.46. The Morgan fingerprint density at radius 1 is 1.19 bits per heavy atom. The minimum Gasteiger partial charge on any atom is -0.506 e. The zero-order chi connectivity index (χ0) is 24.9. The number of nitrogens with one attached hydrogen (secondary N) is 2. The van der Waals surface area contributed by atoms with Gasteiger partial charge in [0.15, 0.2) is 0 Å². The summed E-state index contributed by atoms with van der Waals surface area (Å²) in [6.07, 6.45) is 4.96. The van der Waals surface area contributed by atoms with Gasteiger partial charge in [0, 0.05) is 45.7 Å². The Morgan fingerprint density at radius 2 is 2.00 bits per heavy atom. The number of aromatic hydroxyl groups is 1. The van der Waals surface area contributed by atoms with E-state index in [4.69, 9.17) is 4.11 Å². The van der Waals surface area contributed by atoms with Crippen LogP contribution < -0.4 is 10.6 Å². The summed E-state index contributed by atoms with van der Waals surface area (Å²) in [5, 5.41) is 28.8. The van der Waals surface area contributed by atoms with Gasteiger partial charge in [-0.05, 0) is 40.2 Å². The van der Waals surface area contributed by atoms with Crippen LogP contribution in [0.3, 0.4) is 0 Å². The fourth-order valence-electron chi connectivity index (χ4n) is 4.17. The fraction of sp³-hybridized carbons (Fsp3) is 0.476. The zero-order valence-corrected chi connectivity index (χ0v) is 17.8.